The summed E-state index contributed by atoms with van der Waals surface area (Å²) in [6.45, 7) is 3.93. The summed E-state index contributed by atoms with van der Waals surface area (Å²) >= 11 is 1.55. The Bertz CT molecular complexity index is 888. The molecule has 3 aromatic rings. The van der Waals surface area contributed by atoms with Gasteiger partial charge in [-0.1, -0.05) is 19.9 Å². The first-order chi connectivity index (χ1) is 12.1. The lowest BCUT2D eigenvalue weighted by Crippen LogP contribution is -2.28. The molecule has 0 aromatic carbocycles. The van der Waals surface area contributed by atoms with Crippen LogP contribution in [0.15, 0.2) is 30.0 Å². The Labute approximate surface area is 147 Å². The van der Waals surface area contributed by atoms with E-state index in [1.165, 1.54) is 17.0 Å². The van der Waals surface area contributed by atoms with Crippen molar-refractivity contribution in [3.05, 3.63) is 46.2 Å². The molecule has 9 heteroatoms. The van der Waals surface area contributed by atoms with Crippen molar-refractivity contribution < 1.29 is 14.3 Å². The predicted molar refractivity (Wildman–Crippen MR) is 91.3 cm³/mol. The maximum Gasteiger partial charge on any atom is 0.342 e. The number of ether oxygens (including phenoxy) is 1. The Morgan fingerprint density at radius 1 is 1.36 bits per heavy atom. The van der Waals surface area contributed by atoms with E-state index in [4.69, 9.17) is 4.74 Å². The lowest BCUT2D eigenvalue weighted by Gasteiger charge is -2.13. The van der Waals surface area contributed by atoms with Crippen molar-refractivity contribution in [3.8, 4) is 0 Å². The van der Waals surface area contributed by atoms with E-state index in [1.54, 1.807) is 11.3 Å². The van der Waals surface area contributed by atoms with Crippen molar-refractivity contribution in [1.29, 1.82) is 0 Å². The molecule has 0 saturated heterocycles. The molecule has 1 N–H and O–H groups in total. The summed E-state index contributed by atoms with van der Waals surface area (Å²) in [6, 6.07) is 3.83. The van der Waals surface area contributed by atoms with Crippen LogP contribution in [0, 0.1) is 0 Å². The molecule has 0 spiro atoms. The molecule has 0 fully saturated rings. The van der Waals surface area contributed by atoms with Crippen molar-refractivity contribution in [3.63, 3.8) is 0 Å². The van der Waals surface area contributed by atoms with Gasteiger partial charge in [-0.2, -0.15) is 10.1 Å². The molecule has 3 rings (SSSR count). The maximum atomic E-state index is 12.4. The molecular weight excluding hydrogens is 342 g/mol. The van der Waals surface area contributed by atoms with E-state index in [2.05, 4.69) is 20.4 Å². The average molecular weight is 359 g/mol. The fourth-order valence-electron chi connectivity index (χ4n) is 2.37. The third-order valence-electron chi connectivity index (χ3n) is 3.48. The fraction of sp³-hybridized carbons (Fsp3) is 0.312. The van der Waals surface area contributed by atoms with Gasteiger partial charge in [-0.05, 0) is 17.4 Å². The van der Waals surface area contributed by atoms with Gasteiger partial charge >= 0.3 is 5.97 Å². The third kappa shape index (κ3) is 3.82. The van der Waals surface area contributed by atoms with E-state index in [-0.39, 0.29) is 24.0 Å². The molecule has 0 atom stereocenters. The van der Waals surface area contributed by atoms with Crippen LogP contribution in [-0.4, -0.2) is 38.1 Å². The molecule has 0 radical (unpaired) electrons. The molecule has 3 aromatic heterocycles. The molecule has 8 nitrogen and oxygen atoms in total. The van der Waals surface area contributed by atoms with E-state index in [9.17, 15) is 9.59 Å². The number of esters is 1. The minimum Gasteiger partial charge on any atom is -0.452 e. The predicted octanol–water partition coefficient (Wildman–Crippen LogP) is 1.78. The summed E-state index contributed by atoms with van der Waals surface area (Å²) in [4.78, 5) is 33.3. The number of hydrogen-bond acceptors (Lipinski definition) is 7. The Hall–Kier alpha value is -2.81. The molecule has 0 bridgehead atoms. The van der Waals surface area contributed by atoms with Crippen molar-refractivity contribution in [2.24, 2.45) is 0 Å². The number of carbonyl (C=O) groups is 2. The van der Waals surface area contributed by atoms with Crippen LogP contribution in [0.5, 0.6) is 0 Å². The fourth-order valence-corrected chi connectivity index (χ4v) is 3.01. The number of hydrogen-bond donors (Lipinski definition) is 1. The number of fused-ring (bicyclic) bond motifs is 1. The minimum absolute atomic E-state index is 0.00223. The lowest BCUT2D eigenvalue weighted by molar-refractivity contribution is -0.124. The van der Waals surface area contributed by atoms with Crippen LogP contribution >= 0.6 is 11.3 Å². The van der Waals surface area contributed by atoms with Gasteiger partial charge in [0.1, 0.15) is 6.33 Å². The zero-order valence-electron chi connectivity index (χ0n) is 13.8. The van der Waals surface area contributed by atoms with Gasteiger partial charge in [-0.25, -0.2) is 14.3 Å². The molecule has 0 aliphatic heterocycles. The Kier molecular flexibility index (Phi) is 5.03. The van der Waals surface area contributed by atoms with E-state index >= 15 is 0 Å². The SMILES string of the molecule is CC(C)c1c(C(=O)OCC(=O)NCc2cccs2)cnc2ncnn12. The summed E-state index contributed by atoms with van der Waals surface area (Å²) in [5.74, 6) is -0.557. The first-order valence-corrected chi connectivity index (χ1v) is 8.59. The van der Waals surface area contributed by atoms with Crippen molar-refractivity contribution in [1.82, 2.24) is 24.9 Å². The number of thiophene rings is 1. The zero-order valence-corrected chi connectivity index (χ0v) is 14.6. The van der Waals surface area contributed by atoms with E-state index in [0.29, 0.717) is 18.0 Å². The highest BCUT2D eigenvalue weighted by Gasteiger charge is 2.21. The van der Waals surface area contributed by atoms with Crippen molar-refractivity contribution in [2.75, 3.05) is 6.61 Å². The van der Waals surface area contributed by atoms with Crippen molar-refractivity contribution in [2.45, 2.75) is 26.3 Å². The second kappa shape index (κ2) is 7.39. The molecule has 0 saturated carbocycles. The minimum atomic E-state index is -0.611. The molecule has 0 aliphatic rings. The molecule has 25 heavy (non-hydrogen) atoms. The highest BCUT2D eigenvalue weighted by molar-refractivity contribution is 7.09. The maximum absolute atomic E-state index is 12.4. The highest BCUT2D eigenvalue weighted by Crippen LogP contribution is 2.19. The summed E-state index contributed by atoms with van der Waals surface area (Å²) in [5.41, 5.74) is 0.922. The first-order valence-electron chi connectivity index (χ1n) is 7.71. The number of carbonyl (C=O) groups excluding carboxylic acids is 2. The van der Waals surface area contributed by atoms with E-state index in [0.717, 1.165) is 4.88 Å². The lowest BCUT2D eigenvalue weighted by atomic mass is 10.1. The number of nitrogens with zero attached hydrogens (tertiary/aromatic N) is 4. The number of nitrogens with one attached hydrogen (secondary N) is 1. The monoisotopic (exact) mass is 359 g/mol. The number of amides is 1. The van der Waals surface area contributed by atoms with Gasteiger partial charge in [0, 0.05) is 11.1 Å². The van der Waals surface area contributed by atoms with Crippen LogP contribution < -0.4 is 5.32 Å². The molecule has 0 unspecified atom stereocenters. The average Bonchev–Trinajstić information content (AvgIpc) is 3.27. The molecule has 3 heterocycles. The summed E-state index contributed by atoms with van der Waals surface area (Å²) in [5, 5.41) is 8.73. The Balaban J connectivity index is 1.65. The first kappa shape index (κ1) is 17.0. The topological polar surface area (TPSA) is 98.5 Å². The summed E-state index contributed by atoms with van der Waals surface area (Å²) in [6.07, 6.45) is 2.78. The van der Waals surface area contributed by atoms with Crippen LogP contribution in [-0.2, 0) is 16.1 Å². The Morgan fingerprint density at radius 2 is 2.20 bits per heavy atom. The molecular formula is C16H17N5O3S. The van der Waals surface area contributed by atoms with Crippen LogP contribution in [0.2, 0.25) is 0 Å². The van der Waals surface area contributed by atoms with Crippen LogP contribution in [0.1, 0.15) is 40.7 Å². The molecule has 130 valence electrons. The summed E-state index contributed by atoms with van der Waals surface area (Å²) < 4.78 is 6.64. The van der Waals surface area contributed by atoms with Gasteiger partial charge in [0.05, 0.1) is 17.8 Å². The van der Waals surface area contributed by atoms with Gasteiger partial charge in [-0.15, -0.1) is 11.3 Å². The normalized spacial score (nSPS) is 11.0. The van der Waals surface area contributed by atoms with Crippen LogP contribution in [0.3, 0.4) is 0 Å². The molecule has 0 aliphatic carbocycles. The third-order valence-corrected chi connectivity index (χ3v) is 4.36. The van der Waals surface area contributed by atoms with Crippen molar-refractivity contribution >= 4 is 29.0 Å². The zero-order chi connectivity index (χ0) is 17.8. The summed E-state index contributed by atoms with van der Waals surface area (Å²) in [7, 11) is 0. The second-order valence-electron chi connectivity index (χ2n) is 5.62. The van der Waals surface area contributed by atoms with Gasteiger partial charge in [0.2, 0.25) is 0 Å². The van der Waals surface area contributed by atoms with Gasteiger partial charge in [-0.3, -0.25) is 4.79 Å². The van der Waals surface area contributed by atoms with E-state index in [1.807, 2.05) is 31.4 Å². The standard InChI is InChI=1S/C16H17N5O3S/c1-10(2)14-12(7-18-16-19-9-20-21(14)16)15(23)24-8-13(22)17-6-11-4-3-5-25-11/h3-5,7,9-10H,6,8H2,1-2H3,(H,17,22). The van der Waals surface area contributed by atoms with Crippen LogP contribution in [0.4, 0.5) is 0 Å². The van der Waals surface area contributed by atoms with Crippen LogP contribution in [0.25, 0.3) is 5.78 Å². The Morgan fingerprint density at radius 3 is 2.92 bits per heavy atom. The van der Waals surface area contributed by atoms with Gasteiger partial charge in [0.15, 0.2) is 6.61 Å². The second-order valence-corrected chi connectivity index (χ2v) is 6.65. The number of rotatable bonds is 6. The number of aromatic nitrogens is 4. The quantitative estimate of drug-likeness (QED) is 0.674. The molecule has 1 amide bonds. The smallest absolute Gasteiger partial charge is 0.342 e. The highest BCUT2D eigenvalue weighted by atomic mass is 32.1. The van der Waals surface area contributed by atoms with Gasteiger partial charge < -0.3 is 10.1 Å². The van der Waals surface area contributed by atoms with E-state index < -0.39 is 5.97 Å². The largest absolute Gasteiger partial charge is 0.452 e. The van der Waals surface area contributed by atoms with Gasteiger partial charge in [0.25, 0.3) is 11.7 Å².